The van der Waals surface area contributed by atoms with Crippen molar-refractivity contribution in [3.05, 3.63) is 0 Å². The van der Waals surface area contributed by atoms with Crippen LogP contribution in [0.3, 0.4) is 0 Å². The molecule has 0 amide bonds. The minimum atomic E-state index is -0.574. The van der Waals surface area contributed by atoms with E-state index in [0.717, 1.165) is 0 Å². The summed E-state index contributed by atoms with van der Waals surface area (Å²) in [5.41, 5.74) is 0. The number of rotatable bonds is 0. The average Bonchev–Trinajstić information content (AvgIpc) is 2.18. The van der Waals surface area contributed by atoms with E-state index in [0.29, 0.717) is 0 Å². The first-order valence-corrected chi connectivity index (χ1v) is 9.59. The maximum atomic E-state index is 3.61. The summed E-state index contributed by atoms with van der Waals surface area (Å²) in [5.74, 6) is 0. The Morgan fingerprint density at radius 1 is 0.538 bits per heavy atom. The summed E-state index contributed by atoms with van der Waals surface area (Å²) in [6, 6.07) is 0. The minimum absolute atomic E-state index is 0.574. The van der Waals surface area contributed by atoms with Gasteiger partial charge in [-0.3, -0.25) is 0 Å². The van der Waals surface area contributed by atoms with Gasteiger partial charge in [-0.05, 0) is 0 Å². The van der Waals surface area contributed by atoms with Crippen molar-refractivity contribution in [1.29, 1.82) is 0 Å². The summed E-state index contributed by atoms with van der Waals surface area (Å²) < 4.78 is 7.21. The third kappa shape index (κ3) is 7.88. The quantitative estimate of drug-likeness (QED) is 0.630. The molecule has 2 N–H and O–H groups in total. The second kappa shape index (κ2) is 9.40. The first-order valence-electron chi connectivity index (χ1n) is 5.71. The summed E-state index contributed by atoms with van der Waals surface area (Å²) in [6.07, 6.45) is 11.5. The monoisotopic (exact) mass is 378 g/mol. The fraction of sp³-hybridized carbons (Fsp3) is 1.00. The maximum absolute atomic E-state index is 3.61. The molecule has 0 spiro atoms. The van der Waals surface area contributed by atoms with Crippen LogP contribution >= 0.6 is 0 Å². The van der Waals surface area contributed by atoms with Crippen LogP contribution in [0.4, 0.5) is 0 Å². The van der Waals surface area contributed by atoms with Crippen molar-refractivity contribution in [2.45, 2.75) is 51.4 Å². The fourth-order valence-electron chi connectivity index (χ4n) is 1.67. The van der Waals surface area contributed by atoms with Crippen LogP contribution < -0.4 is 6.25 Å². The van der Waals surface area contributed by atoms with Gasteiger partial charge in [0.25, 0.3) is 0 Å². The van der Waals surface area contributed by atoms with Crippen LogP contribution in [-0.4, -0.2) is 37.9 Å². The summed E-state index contributed by atoms with van der Waals surface area (Å²) >= 11 is -0.574. The van der Waals surface area contributed by atoms with E-state index in [1.165, 1.54) is 64.5 Å². The molecule has 1 heterocycles. The standard InChI is InChI=1S/C10H22N2.Pb/c11-9-7-5-3-1-2-4-6-8-10-12;/h11-12H,1-10H2;/q-2;+2. The Balaban J connectivity index is 2.01. The SMILES string of the molecule is C1CCCCC[NH][Pb][NH]CCCC1. The Morgan fingerprint density at radius 2 is 0.923 bits per heavy atom. The van der Waals surface area contributed by atoms with E-state index in [2.05, 4.69) is 6.25 Å². The number of nitrogens with one attached hydrogen (secondary N) is 2. The summed E-state index contributed by atoms with van der Waals surface area (Å²) in [5, 5.41) is 0. The van der Waals surface area contributed by atoms with Crippen molar-refractivity contribution < 1.29 is 0 Å². The Kier molecular flexibility index (Phi) is 8.61. The van der Waals surface area contributed by atoms with Gasteiger partial charge in [-0.25, -0.2) is 0 Å². The molecule has 1 saturated heterocycles. The van der Waals surface area contributed by atoms with Gasteiger partial charge in [0, 0.05) is 0 Å². The van der Waals surface area contributed by atoms with E-state index in [1.54, 1.807) is 0 Å². The molecule has 3 heteroatoms. The molecule has 1 fully saturated rings. The molecule has 1 aliphatic heterocycles. The molecule has 13 heavy (non-hydrogen) atoms. The predicted molar refractivity (Wildman–Crippen MR) is 58.7 cm³/mol. The van der Waals surface area contributed by atoms with Gasteiger partial charge in [-0.2, -0.15) is 0 Å². The second-order valence-corrected chi connectivity index (χ2v) is 7.53. The van der Waals surface area contributed by atoms with Crippen LogP contribution in [0.2, 0.25) is 0 Å². The third-order valence-corrected chi connectivity index (χ3v) is 5.85. The van der Waals surface area contributed by atoms with E-state index < -0.39 is 24.8 Å². The predicted octanol–water partition coefficient (Wildman–Crippen LogP) is 1.83. The first-order chi connectivity index (χ1) is 6.50. The molecule has 76 valence electrons. The van der Waals surface area contributed by atoms with Crippen LogP contribution in [0, 0.1) is 0 Å². The zero-order valence-corrected chi connectivity index (χ0v) is 12.5. The fourth-order valence-corrected chi connectivity index (χ4v) is 4.51. The molecule has 0 atom stereocenters. The van der Waals surface area contributed by atoms with Gasteiger partial charge >= 0.3 is 95.5 Å². The van der Waals surface area contributed by atoms with Crippen molar-refractivity contribution in [3.8, 4) is 0 Å². The van der Waals surface area contributed by atoms with E-state index in [4.69, 9.17) is 0 Å². The number of hydrogen-bond acceptors (Lipinski definition) is 2. The van der Waals surface area contributed by atoms with Gasteiger partial charge in [-0.15, -0.1) is 0 Å². The molecule has 0 aromatic heterocycles. The molecule has 2 radical (unpaired) electrons. The van der Waals surface area contributed by atoms with Crippen molar-refractivity contribution in [2.24, 2.45) is 0 Å². The molecule has 0 aromatic rings. The van der Waals surface area contributed by atoms with Gasteiger partial charge in [0.05, 0.1) is 0 Å². The van der Waals surface area contributed by atoms with E-state index in [-0.39, 0.29) is 0 Å². The Bertz CT molecular complexity index is 61.0. The Hall–Kier alpha value is 0.842. The van der Waals surface area contributed by atoms with Gasteiger partial charge in [-0.1, -0.05) is 0 Å². The summed E-state index contributed by atoms with van der Waals surface area (Å²) in [6.45, 7) is 2.55. The van der Waals surface area contributed by atoms with Crippen LogP contribution in [0.25, 0.3) is 0 Å². The molecule has 0 bridgehead atoms. The topological polar surface area (TPSA) is 24.1 Å². The first kappa shape index (κ1) is 11.9. The normalized spacial score (nSPS) is 24.0. The summed E-state index contributed by atoms with van der Waals surface area (Å²) in [7, 11) is 0. The van der Waals surface area contributed by atoms with Gasteiger partial charge in [0.15, 0.2) is 0 Å². The van der Waals surface area contributed by atoms with Gasteiger partial charge in [0.2, 0.25) is 0 Å². The van der Waals surface area contributed by atoms with Crippen molar-refractivity contribution >= 4 is 24.8 Å². The molecule has 1 aliphatic rings. The van der Waals surface area contributed by atoms with E-state index >= 15 is 0 Å². The zero-order chi connectivity index (χ0) is 9.19. The van der Waals surface area contributed by atoms with Gasteiger partial charge in [0.1, 0.15) is 0 Å². The zero-order valence-electron chi connectivity index (χ0n) is 8.57. The Morgan fingerprint density at radius 3 is 1.38 bits per heavy atom. The Labute approximate surface area is 95.3 Å². The molecular formula is C10H22N2Pb. The third-order valence-electron chi connectivity index (χ3n) is 2.53. The van der Waals surface area contributed by atoms with Crippen molar-refractivity contribution in [1.82, 2.24) is 6.25 Å². The van der Waals surface area contributed by atoms with Crippen LogP contribution in [0.5, 0.6) is 0 Å². The molecule has 0 saturated carbocycles. The molecule has 0 aromatic carbocycles. The number of hydrogen-bond donors (Lipinski definition) is 2. The molecule has 0 unspecified atom stereocenters. The van der Waals surface area contributed by atoms with Crippen LogP contribution in [0.1, 0.15) is 51.4 Å². The molecule has 0 aliphatic carbocycles. The van der Waals surface area contributed by atoms with E-state index in [1.807, 2.05) is 0 Å². The molecule has 2 nitrogen and oxygen atoms in total. The average molecular weight is 378 g/mol. The van der Waals surface area contributed by atoms with Crippen LogP contribution in [-0.2, 0) is 0 Å². The molecular weight excluding hydrogens is 355 g/mol. The second-order valence-electron chi connectivity index (χ2n) is 3.81. The van der Waals surface area contributed by atoms with Crippen LogP contribution in [0.15, 0.2) is 0 Å². The molecule has 1 rings (SSSR count). The van der Waals surface area contributed by atoms with Crippen molar-refractivity contribution in [3.63, 3.8) is 0 Å². The van der Waals surface area contributed by atoms with Crippen molar-refractivity contribution in [2.75, 3.05) is 13.1 Å². The summed E-state index contributed by atoms with van der Waals surface area (Å²) in [4.78, 5) is 0. The van der Waals surface area contributed by atoms with Gasteiger partial charge < -0.3 is 0 Å². The van der Waals surface area contributed by atoms with E-state index in [9.17, 15) is 0 Å².